The molecule has 0 radical (unpaired) electrons. The molecule has 2 aromatic rings. The Bertz CT molecular complexity index is 835. The Morgan fingerprint density at radius 1 is 1.28 bits per heavy atom. The van der Waals surface area contributed by atoms with E-state index < -0.39 is 5.97 Å². The van der Waals surface area contributed by atoms with Gasteiger partial charge >= 0.3 is 5.97 Å². The second-order valence-corrected chi connectivity index (χ2v) is 7.68. The van der Waals surface area contributed by atoms with Gasteiger partial charge in [0.15, 0.2) is 10.9 Å². The third-order valence-electron chi connectivity index (χ3n) is 4.47. The Labute approximate surface area is 150 Å². The van der Waals surface area contributed by atoms with Gasteiger partial charge in [-0.15, -0.1) is 10.2 Å². The largest absolute Gasteiger partial charge is 0.465 e. The number of carbonyl (C=O) groups excluding carboxylic acids is 2. The summed E-state index contributed by atoms with van der Waals surface area (Å²) in [6.07, 6.45) is 2.26. The van der Waals surface area contributed by atoms with Crippen molar-refractivity contribution in [1.82, 2.24) is 19.7 Å². The maximum Gasteiger partial charge on any atom is 0.339 e. The molecule has 1 fully saturated rings. The van der Waals surface area contributed by atoms with Gasteiger partial charge in [0.25, 0.3) is 0 Å². The minimum atomic E-state index is -0.435. The van der Waals surface area contributed by atoms with Gasteiger partial charge in [0.05, 0.1) is 23.6 Å². The molecule has 1 N–H and O–H groups in total. The van der Waals surface area contributed by atoms with Crippen LogP contribution in [0.1, 0.15) is 63.7 Å². The van der Waals surface area contributed by atoms with Gasteiger partial charge in [-0.05, 0) is 46.1 Å². The average molecular weight is 362 g/mol. The van der Waals surface area contributed by atoms with Crippen LogP contribution in [0, 0.1) is 20.8 Å². The van der Waals surface area contributed by atoms with E-state index in [1.165, 1.54) is 18.9 Å². The fourth-order valence-electron chi connectivity index (χ4n) is 3.00. The molecule has 1 saturated carbocycles. The molecule has 7 nitrogen and oxygen atoms in total. The molecular formula is C17H22N4O3S. The molecule has 1 aliphatic rings. The molecule has 8 heteroatoms. The Kier molecular flexibility index (Phi) is 4.73. The van der Waals surface area contributed by atoms with Crippen LogP contribution in [0.2, 0.25) is 0 Å². The van der Waals surface area contributed by atoms with E-state index in [0.29, 0.717) is 28.6 Å². The number of ether oxygens (including phenoxy) is 1. The third-order valence-corrected chi connectivity index (χ3v) is 5.53. The van der Waals surface area contributed by atoms with Crippen molar-refractivity contribution in [1.29, 1.82) is 0 Å². The summed E-state index contributed by atoms with van der Waals surface area (Å²) >= 11 is 1.40. The fraction of sp³-hybridized carbons (Fsp3) is 0.529. The van der Waals surface area contributed by atoms with Gasteiger partial charge in [-0.1, -0.05) is 11.8 Å². The summed E-state index contributed by atoms with van der Waals surface area (Å²) in [6.45, 7) is 7.31. The number of hydrogen-bond donors (Lipinski definition) is 1. The quantitative estimate of drug-likeness (QED) is 0.483. The maximum absolute atomic E-state index is 12.9. The number of Topliss-reactive ketones (excluding diaryl/α,β-unsaturated/α-hetero) is 1. The van der Waals surface area contributed by atoms with Crippen molar-refractivity contribution in [2.24, 2.45) is 0 Å². The number of methoxy groups -OCH3 is 1. The van der Waals surface area contributed by atoms with Crippen LogP contribution in [-0.4, -0.2) is 43.9 Å². The molecule has 134 valence electrons. The lowest BCUT2D eigenvalue weighted by Crippen LogP contribution is -2.16. The van der Waals surface area contributed by atoms with E-state index in [4.69, 9.17) is 4.74 Å². The van der Waals surface area contributed by atoms with Crippen molar-refractivity contribution in [3.8, 4) is 0 Å². The molecule has 0 amide bonds. The van der Waals surface area contributed by atoms with Crippen molar-refractivity contribution in [3.63, 3.8) is 0 Å². The van der Waals surface area contributed by atoms with Gasteiger partial charge in [0.1, 0.15) is 5.82 Å². The van der Waals surface area contributed by atoms with E-state index in [-0.39, 0.29) is 11.0 Å². The lowest BCUT2D eigenvalue weighted by atomic mass is 10.1. The highest BCUT2D eigenvalue weighted by Crippen LogP contribution is 2.39. The predicted molar refractivity (Wildman–Crippen MR) is 94.3 cm³/mol. The SMILES string of the molecule is COC(=O)c1c(C)[nH]c(C(=O)[C@@H](C)Sc2nnc(C)n2C2CC2)c1C. The van der Waals surface area contributed by atoms with Gasteiger partial charge < -0.3 is 14.3 Å². The number of thioether (sulfide) groups is 1. The smallest absolute Gasteiger partial charge is 0.339 e. The first kappa shape index (κ1) is 17.7. The number of aromatic nitrogens is 4. The second-order valence-electron chi connectivity index (χ2n) is 6.37. The number of aromatic amines is 1. The molecule has 1 aliphatic carbocycles. The van der Waals surface area contributed by atoms with E-state index in [0.717, 1.165) is 23.8 Å². The highest BCUT2D eigenvalue weighted by atomic mass is 32.2. The first-order valence-corrected chi connectivity index (χ1v) is 9.13. The van der Waals surface area contributed by atoms with E-state index >= 15 is 0 Å². The van der Waals surface area contributed by atoms with Gasteiger partial charge in [0.2, 0.25) is 0 Å². The Hall–Kier alpha value is -2.09. The fourth-order valence-corrected chi connectivity index (χ4v) is 4.03. The van der Waals surface area contributed by atoms with Crippen LogP contribution in [0.25, 0.3) is 0 Å². The summed E-state index contributed by atoms with van der Waals surface area (Å²) in [5.74, 6) is 0.378. The van der Waals surface area contributed by atoms with E-state index in [9.17, 15) is 9.59 Å². The number of H-pyrrole nitrogens is 1. The normalized spacial score (nSPS) is 15.2. The van der Waals surface area contributed by atoms with E-state index in [2.05, 4.69) is 19.7 Å². The summed E-state index contributed by atoms with van der Waals surface area (Å²) in [5, 5.41) is 8.79. The molecule has 0 saturated heterocycles. The highest BCUT2D eigenvalue weighted by molar-refractivity contribution is 8.00. The molecule has 0 unspecified atom stereocenters. The minimum absolute atomic E-state index is 0.0660. The molecule has 0 spiro atoms. The standard InChI is InChI=1S/C17H22N4O3S/c1-8-13(16(23)24-5)9(2)18-14(8)15(22)10(3)25-17-20-19-11(4)21(17)12-6-7-12/h10,12,18H,6-7H2,1-5H3/t10-/m1/s1. The van der Waals surface area contributed by atoms with Crippen LogP contribution in [0.15, 0.2) is 5.16 Å². The monoisotopic (exact) mass is 362 g/mol. The van der Waals surface area contributed by atoms with Crippen LogP contribution in [0.3, 0.4) is 0 Å². The third kappa shape index (κ3) is 3.22. The molecular weight excluding hydrogens is 340 g/mol. The van der Waals surface area contributed by atoms with Crippen molar-refractivity contribution in [2.75, 3.05) is 7.11 Å². The van der Waals surface area contributed by atoms with E-state index in [1.54, 1.807) is 13.8 Å². The highest BCUT2D eigenvalue weighted by Gasteiger charge is 2.31. The zero-order valence-electron chi connectivity index (χ0n) is 15.0. The van der Waals surface area contributed by atoms with Crippen LogP contribution in [0.4, 0.5) is 0 Å². The Morgan fingerprint density at radius 3 is 2.56 bits per heavy atom. The van der Waals surface area contributed by atoms with E-state index in [1.807, 2.05) is 13.8 Å². The Balaban J connectivity index is 1.83. The molecule has 0 aromatic carbocycles. The number of esters is 1. The van der Waals surface area contributed by atoms with Crippen molar-refractivity contribution in [3.05, 3.63) is 28.3 Å². The van der Waals surface area contributed by atoms with Gasteiger partial charge in [-0.2, -0.15) is 0 Å². The zero-order chi connectivity index (χ0) is 18.3. The van der Waals surface area contributed by atoms with Crippen LogP contribution in [-0.2, 0) is 4.74 Å². The number of nitrogens with one attached hydrogen (secondary N) is 1. The topological polar surface area (TPSA) is 89.9 Å². The first-order valence-electron chi connectivity index (χ1n) is 8.25. The molecule has 2 heterocycles. The number of ketones is 1. The maximum atomic E-state index is 12.9. The van der Waals surface area contributed by atoms with Gasteiger partial charge in [-0.25, -0.2) is 4.79 Å². The van der Waals surface area contributed by atoms with Gasteiger partial charge in [0, 0.05) is 11.7 Å². The summed E-state index contributed by atoms with van der Waals surface area (Å²) in [6, 6.07) is 0.459. The summed E-state index contributed by atoms with van der Waals surface area (Å²) in [7, 11) is 1.33. The predicted octanol–water partition coefficient (Wildman–Crippen LogP) is 3.02. The molecule has 0 aliphatic heterocycles. The molecule has 2 aromatic heterocycles. The lowest BCUT2D eigenvalue weighted by molar-refractivity contribution is 0.0599. The molecule has 0 bridgehead atoms. The van der Waals surface area contributed by atoms with Crippen molar-refractivity contribution in [2.45, 2.75) is 57.0 Å². The number of carbonyl (C=O) groups is 2. The summed E-state index contributed by atoms with van der Waals surface area (Å²) in [5.41, 5.74) is 2.15. The number of hydrogen-bond acceptors (Lipinski definition) is 6. The van der Waals surface area contributed by atoms with Gasteiger partial charge in [-0.3, -0.25) is 4.79 Å². The lowest BCUT2D eigenvalue weighted by Gasteiger charge is -2.11. The number of rotatable bonds is 6. The van der Waals surface area contributed by atoms with Crippen molar-refractivity contribution < 1.29 is 14.3 Å². The van der Waals surface area contributed by atoms with Crippen LogP contribution < -0.4 is 0 Å². The summed E-state index contributed by atoms with van der Waals surface area (Å²) in [4.78, 5) is 27.8. The Morgan fingerprint density at radius 2 is 1.96 bits per heavy atom. The van der Waals surface area contributed by atoms with Crippen LogP contribution in [0.5, 0.6) is 0 Å². The summed E-state index contributed by atoms with van der Waals surface area (Å²) < 4.78 is 6.91. The molecule has 25 heavy (non-hydrogen) atoms. The molecule has 1 atom stereocenters. The van der Waals surface area contributed by atoms with Crippen molar-refractivity contribution >= 4 is 23.5 Å². The zero-order valence-corrected chi connectivity index (χ0v) is 15.9. The molecule has 3 rings (SSSR count). The number of aryl methyl sites for hydroxylation is 2. The first-order chi connectivity index (χ1) is 11.8. The van der Waals surface area contributed by atoms with Crippen LogP contribution >= 0.6 is 11.8 Å². The minimum Gasteiger partial charge on any atom is -0.465 e. The average Bonchev–Trinajstić information content (AvgIpc) is 3.28. The second kappa shape index (κ2) is 6.67. The number of nitrogens with zero attached hydrogens (tertiary/aromatic N) is 3.